The first-order valence-electron chi connectivity index (χ1n) is 9.23. The van der Waals surface area contributed by atoms with Gasteiger partial charge in [-0.25, -0.2) is 22.4 Å². The van der Waals surface area contributed by atoms with Gasteiger partial charge < -0.3 is 15.5 Å². The molecule has 3 fully saturated rings. The van der Waals surface area contributed by atoms with Gasteiger partial charge in [0.05, 0.1) is 5.66 Å². The maximum absolute atomic E-state index is 13.5. The Labute approximate surface area is 155 Å². The summed E-state index contributed by atoms with van der Waals surface area (Å²) >= 11 is 0. The van der Waals surface area contributed by atoms with Gasteiger partial charge in [0.15, 0.2) is 0 Å². The van der Waals surface area contributed by atoms with Gasteiger partial charge in [-0.05, 0) is 39.7 Å². The number of carbonyl (C=O) groups is 2. The second-order valence-corrected chi connectivity index (χ2v) is 8.25. The molecule has 3 N–H and O–H groups in total. The van der Waals surface area contributed by atoms with Gasteiger partial charge in [0.25, 0.3) is 5.92 Å². The van der Waals surface area contributed by atoms with Crippen molar-refractivity contribution in [3.63, 3.8) is 0 Å². The highest BCUT2D eigenvalue weighted by molar-refractivity contribution is 5.87. The number of likely N-dealkylation sites (tertiary alicyclic amines) is 1. The lowest BCUT2D eigenvalue weighted by Gasteiger charge is -2.34. The highest BCUT2D eigenvalue weighted by Gasteiger charge is 2.70. The van der Waals surface area contributed by atoms with Gasteiger partial charge in [0, 0.05) is 31.3 Å². The lowest BCUT2D eigenvalue weighted by molar-refractivity contribution is -0.126. The normalized spacial score (nSPS) is 25.6. The maximum Gasteiger partial charge on any atom is 0.318 e. The lowest BCUT2D eigenvalue weighted by Crippen LogP contribution is -2.57. The Bertz CT molecular complexity index is 611. The van der Waals surface area contributed by atoms with Crippen LogP contribution in [0.4, 0.5) is 22.4 Å². The quantitative estimate of drug-likeness (QED) is 0.477. The van der Waals surface area contributed by atoms with E-state index in [0.717, 1.165) is 0 Å². The number of alkyl halides is 4. The molecule has 1 heterocycles. The van der Waals surface area contributed by atoms with Crippen molar-refractivity contribution in [1.82, 2.24) is 20.9 Å². The van der Waals surface area contributed by atoms with Crippen LogP contribution in [0.25, 0.3) is 0 Å². The Balaban J connectivity index is 1.58. The Hall–Kier alpha value is -1.58. The van der Waals surface area contributed by atoms with Gasteiger partial charge in [-0.2, -0.15) is 0 Å². The van der Waals surface area contributed by atoms with E-state index in [4.69, 9.17) is 0 Å². The molecule has 3 rings (SSSR count). The molecule has 0 aromatic heterocycles. The molecule has 154 valence electrons. The molecule has 1 atom stereocenters. The molecule has 1 aliphatic heterocycles. The van der Waals surface area contributed by atoms with Crippen LogP contribution in [0.3, 0.4) is 0 Å². The molecular formula is C17H26F4N4O2. The maximum atomic E-state index is 13.5. The van der Waals surface area contributed by atoms with Crippen molar-refractivity contribution in [2.75, 3.05) is 20.1 Å². The third kappa shape index (κ3) is 4.30. The van der Waals surface area contributed by atoms with Gasteiger partial charge in [0.2, 0.25) is 11.8 Å². The summed E-state index contributed by atoms with van der Waals surface area (Å²) in [6.07, 6.45) is 0.727. The van der Waals surface area contributed by atoms with E-state index in [1.165, 1.54) is 4.90 Å². The van der Waals surface area contributed by atoms with Crippen LogP contribution in [0, 0.1) is 5.41 Å². The van der Waals surface area contributed by atoms with E-state index in [0.29, 0.717) is 19.8 Å². The van der Waals surface area contributed by atoms with Crippen LogP contribution < -0.4 is 16.0 Å². The lowest BCUT2D eigenvalue weighted by atomic mass is 9.93. The zero-order valence-electron chi connectivity index (χ0n) is 15.5. The molecule has 6 nitrogen and oxygen atoms in total. The molecule has 2 aliphatic carbocycles. The average molecular weight is 394 g/mol. The SMILES string of the molecule is CNC1(NC(=O)[C@H](CC(C)(F)F)NC(=O)N2CCC3(CC2)CC3(F)F)CC1. The molecule has 10 heteroatoms. The molecular weight excluding hydrogens is 368 g/mol. The summed E-state index contributed by atoms with van der Waals surface area (Å²) in [6, 6.07) is -2.07. The van der Waals surface area contributed by atoms with Crippen molar-refractivity contribution in [1.29, 1.82) is 0 Å². The predicted molar refractivity (Wildman–Crippen MR) is 89.5 cm³/mol. The number of amides is 3. The average Bonchev–Trinajstić information content (AvgIpc) is 3.43. The minimum Gasteiger partial charge on any atom is -0.336 e. The predicted octanol–water partition coefficient (Wildman–Crippen LogP) is 2.06. The van der Waals surface area contributed by atoms with Crippen molar-refractivity contribution in [2.45, 2.75) is 69.0 Å². The fourth-order valence-corrected chi connectivity index (χ4v) is 3.75. The van der Waals surface area contributed by atoms with Crippen LogP contribution in [0.1, 0.15) is 45.4 Å². The number of nitrogens with one attached hydrogen (secondary N) is 3. The first-order valence-corrected chi connectivity index (χ1v) is 9.23. The van der Waals surface area contributed by atoms with Crippen molar-refractivity contribution in [2.24, 2.45) is 5.41 Å². The van der Waals surface area contributed by atoms with Crippen LogP contribution in [0.5, 0.6) is 0 Å². The summed E-state index contributed by atoms with van der Waals surface area (Å²) in [5.74, 6) is -6.50. The Morgan fingerprint density at radius 1 is 1.15 bits per heavy atom. The fraction of sp³-hybridized carbons (Fsp3) is 0.882. The molecule has 2 saturated carbocycles. The highest BCUT2D eigenvalue weighted by atomic mass is 19.3. The smallest absolute Gasteiger partial charge is 0.318 e. The molecule has 0 radical (unpaired) electrons. The number of halogens is 4. The fourth-order valence-electron chi connectivity index (χ4n) is 3.75. The largest absolute Gasteiger partial charge is 0.336 e. The number of hydrogen-bond donors (Lipinski definition) is 3. The van der Waals surface area contributed by atoms with E-state index >= 15 is 0 Å². The Morgan fingerprint density at radius 3 is 2.11 bits per heavy atom. The van der Waals surface area contributed by atoms with Crippen LogP contribution in [-0.4, -0.2) is 60.5 Å². The molecule has 0 unspecified atom stereocenters. The number of nitrogens with zero attached hydrogens (tertiary/aromatic N) is 1. The molecule has 0 bridgehead atoms. The van der Waals surface area contributed by atoms with Crippen molar-refractivity contribution < 1.29 is 27.2 Å². The van der Waals surface area contributed by atoms with Gasteiger partial charge in [0.1, 0.15) is 6.04 Å². The summed E-state index contributed by atoms with van der Waals surface area (Å²) in [7, 11) is 1.66. The van der Waals surface area contributed by atoms with Crippen LogP contribution >= 0.6 is 0 Å². The number of hydrogen-bond acceptors (Lipinski definition) is 3. The van der Waals surface area contributed by atoms with Crippen LogP contribution in [0.15, 0.2) is 0 Å². The molecule has 0 aromatic rings. The monoisotopic (exact) mass is 394 g/mol. The van der Waals surface area contributed by atoms with Crippen molar-refractivity contribution in [3.05, 3.63) is 0 Å². The van der Waals surface area contributed by atoms with E-state index in [2.05, 4.69) is 16.0 Å². The zero-order valence-corrected chi connectivity index (χ0v) is 15.5. The van der Waals surface area contributed by atoms with Gasteiger partial charge in [-0.1, -0.05) is 0 Å². The van der Waals surface area contributed by atoms with Crippen molar-refractivity contribution >= 4 is 11.9 Å². The molecule has 1 spiro atoms. The summed E-state index contributed by atoms with van der Waals surface area (Å²) in [5.41, 5.74) is -1.61. The van der Waals surface area contributed by atoms with E-state index in [1.54, 1.807) is 7.05 Å². The minimum absolute atomic E-state index is 0.124. The number of urea groups is 1. The minimum atomic E-state index is -3.15. The van der Waals surface area contributed by atoms with Gasteiger partial charge in [-0.15, -0.1) is 0 Å². The molecule has 3 amide bonds. The molecule has 3 aliphatic rings. The van der Waals surface area contributed by atoms with E-state index < -0.39 is 47.3 Å². The molecule has 1 saturated heterocycles. The third-order valence-electron chi connectivity index (χ3n) is 5.99. The van der Waals surface area contributed by atoms with Gasteiger partial charge in [-0.3, -0.25) is 10.1 Å². The van der Waals surface area contributed by atoms with Crippen LogP contribution in [0.2, 0.25) is 0 Å². The van der Waals surface area contributed by atoms with E-state index in [-0.39, 0.29) is 32.4 Å². The Morgan fingerprint density at radius 2 is 1.70 bits per heavy atom. The standard InChI is InChI=1S/C17H26F4N4O2/c1-14(18,19)9-11(12(26)24-16(22-2)3-4-16)23-13(27)25-7-5-15(6-8-25)10-17(15,20)21/h11,22H,3-10H2,1-2H3,(H,23,27)(H,24,26)/t11-/m0/s1. The second kappa shape index (κ2) is 6.49. The number of piperidine rings is 1. The summed E-state index contributed by atoms with van der Waals surface area (Å²) in [5, 5.41) is 7.96. The highest BCUT2D eigenvalue weighted by Crippen LogP contribution is 2.65. The zero-order chi connectivity index (χ0) is 20.1. The van der Waals surface area contributed by atoms with Gasteiger partial charge >= 0.3 is 6.03 Å². The summed E-state index contributed by atoms with van der Waals surface area (Å²) in [4.78, 5) is 26.2. The van der Waals surface area contributed by atoms with E-state index in [1.807, 2.05) is 0 Å². The first kappa shape index (κ1) is 20.2. The number of rotatable bonds is 6. The molecule has 27 heavy (non-hydrogen) atoms. The second-order valence-electron chi connectivity index (χ2n) is 8.25. The molecule has 0 aromatic carbocycles. The van der Waals surface area contributed by atoms with Crippen molar-refractivity contribution in [3.8, 4) is 0 Å². The van der Waals surface area contributed by atoms with E-state index in [9.17, 15) is 27.2 Å². The third-order valence-corrected chi connectivity index (χ3v) is 5.99. The Kier molecular flexibility index (Phi) is 4.85. The first-order chi connectivity index (χ1) is 12.4. The number of carbonyl (C=O) groups excluding carboxylic acids is 2. The topological polar surface area (TPSA) is 73.5 Å². The summed E-state index contributed by atoms with van der Waals surface area (Å²) in [6.45, 7) is 0.932. The van der Waals surface area contributed by atoms with Crippen LogP contribution in [-0.2, 0) is 4.79 Å². The summed E-state index contributed by atoms with van der Waals surface area (Å²) < 4.78 is 53.9.